The van der Waals surface area contributed by atoms with E-state index in [0.29, 0.717) is 19.5 Å². The SMILES string of the molecule is Cc1ccc(C2CC3C(=O)N(CCC(=O)NCc4ccccc4C)C=CN3N2)cc1C. The van der Waals surface area contributed by atoms with Crippen molar-refractivity contribution >= 4 is 11.8 Å². The van der Waals surface area contributed by atoms with E-state index in [1.165, 1.54) is 16.7 Å². The Morgan fingerprint density at radius 3 is 2.65 bits per heavy atom. The lowest BCUT2D eigenvalue weighted by atomic mass is 9.97. The fourth-order valence-corrected chi connectivity index (χ4v) is 4.13. The number of carbonyl (C=O) groups is 2. The van der Waals surface area contributed by atoms with Gasteiger partial charge in [-0.05, 0) is 55.0 Å². The standard InChI is InChI=1S/C25H30N4O2/c1-17-8-9-20(14-19(17)3)22-15-23-25(31)28(12-13-29(23)27-22)11-10-24(30)26-16-21-7-5-4-6-18(21)2/h4-9,12-14,22-23,27H,10-11,15-16H2,1-3H3,(H,26,30). The van der Waals surface area contributed by atoms with Gasteiger partial charge in [-0.3, -0.25) is 9.59 Å². The number of hydrogen-bond acceptors (Lipinski definition) is 4. The van der Waals surface area contributed by atoms with Gasteiger partial charge in [-0.1, -0.05) is 42.5 Å². The van der Waals surface area contributed by atoms with E-state index in [1.807, 2.05) is 42.4 Å². The molecule has 2 atom stereocenters. The van der Waals surface area contributed by atoms with Crippen LogP contribution in [0.15, 0.2) is 54.9 Å². The lowest BCUT2D eigenvalue weighted by molar-refractivity contribution is -0.134. The van der Waals surface area contributed by atoms with Gasteiger partial charge in [-0.2, -0.15) is 0 Å². The predicted octanol–water partition coefficient (Wildman–Crippen LogP) is 3.25. The van der Waals surface area contributed by atoms with Crippen LogP contribution < -0.4 is 10.7 Å². The summed E-state index contributed by atoms with van der Waals surface area (Å²) in [6.07, 6.45) is 4.66. The molecule has 2 unspecified atom stereocenters. The van der Waals surface area contributed by atoms with Crippen LogP contribution in [0.4, 0.5) is 0 Å². The zero-order chi connectivity index (χ0) is 22.0. The van der Waals surface area contributed by atoms with Gasteiger partial charge in [0.1, 0.15) is 6.04 Å². The lowest BCUT2D eigenvalue weighted by Gasteiger charge is -2.31. The van der Waals surface area contributed by atoms with Crippen molar-refractivity contribution in [3.8, 4) is 0 Å². The maximum absolute atomic E-state index is 13.0. The van der Waals surface area contributed by atoms with Crippen molar-refractivity contribution < 1.29 is 9.59 Å². The highest BCUT2D eigenvalue weighted by molar-refractivity contribution is 5.85. The summed E-state index contributed by atoms with van der Waals surface area (Å²) in [5, 5.41) is 4.85. The zero-order valence-electron chi connectivity index (χ0n) is 18.4. The van der Waals surface area contributed by atoms with Gasteiger partial charge in [0.25, 0.3) is 5.91 Å². The maximum Gasteiger partial charge on any atom is 0.250 e. The van der Waals surface area contributed by atoms with Gasteiger partial charge in [0.15, 0.2) is 0 Å². The number of fused-ring (bicyclic) bond motifs is 1. The Kier molecular flexibility index (Phi) is 6.09. The molecule has 31 heavy (non-hydrogen) atoms. The Labute approximate surface area is 183 Å². The smallest absolute Gasteiger partial charge is 0.250 e. The van der Waals surface area contributed by atoms with Crippen LogP contribution >= 0.6 is 0 Å². The summed E-state index contributed by atoms with van der Waals surface area (Å²) in [7, 11) is 0. The average Bonchev–Trinajstić information content (AvgIpc) is 3.20. The number of hydrogen-bond donors (Lipinski definition) is 2. The summed E-state index contributed by atoms with van der Waals surface area (Å²) < 4.78 is 0. The minimum Gasteiger partial charge on any atom is -0.352 e. The van der Waals surface area contributed by atoms with Crippen LogP contribution in [0.2, 0.25) is 0 Å². The molecule has 0 spiro atoms. The molecule has 2 amide bonds. The molecule has 4 rings (SSSR count). The molecule has 2 aliphatic rings. The molecule has 0 radical (unpaired) electrons. The number of hydrazine groups is 1. The van der Waals surface area contributed by atoms with Gasteiger partial charge in [0.2, 0.25) is 5.91 Å². The van der Waals surface area contributed by atoms with Crippen molar-refractivity contribution in [1.82, 2.24) is 20.7 Å². The van der Waals surface area contributed by atoms with Crippen molar-refractivity contribution in [2.75, 3.05) is 6.54 Å². The topological polar surface area (TPSA) is 64.7 Å². The molecule has 6 nitrogen and oxygen atoms in total. The number of aryl methyl sites for hydroxylation is 3. The van der Waals surface area contributed by atoms with E-state index in [1.54, 1.807) is 11.1 Å². The Bertz CT molecular complexity index is 1020. The fraction of sp³-hybridized carbons (Fsp3) is 0.360. The predicted molar refractivity (Wildman–Crippen MR) is 121 cm³/mol. The average molecular weight is 419 g/mol. The number of nitrogens with one attached hydrogen (secondary N) is 2. The fourth-order valence-electron chi connectivity index (χ4n) is 4.13. The second-order valence-corrected chi connectivity index (χ2v) is 8.47. The molecule has 162 valence electrons. The molecule has 2 aliphatic heterocycles. The first-order valence-corrected chi connectivity index (χ1v) is 10.8. The van der Waals surface area contributed by atoms with Crippen LogP contribution in [0.5, 0.6) is 0 Å². The van der Waals surface area contributed by atoms with Crippen molar-refractivity contribution in [2.45, 2.75) is 52.2 Å². The van der Waals surface area contributed by atoms with Crippen LogP contribution in [0.1, 0.15) is 46.7 Å². The highest BCUT2D eigenvalue weighted by Gasteiger charge is 2.39. The van der Waals surface area contributed by atoms with Crippen molar-refractivity contribution in [1.29, 1.82) is 0 Å². The highest BCUT2D eigenvalue weighted by Crippen LogP contribution is 2.31. The summed E-state index contributed by atoms with van der Waals surface area (Å²) >= 11 is 0. The molecule has 0 bridgehead atoms. The molecule has 1 fully saturated rings. The number of amides is 2. The Balaban J connectivity index is 1.30. The van der Waals surface area contributed by atoms with Gasteiger partial charge in [-0.25, -0.2) is 5.43 Å². The number of benzene rings is 2. The summed E-state index contributed by atoms with van der Waals surface area (Å²) in [5.74, 6) is -0.0162. The number of nitrogens with zero attached hydrogens (tertiary/aromatic N) is 2. The molecular weight excluding hydrogens is 388 g/mol. The van der Waals surface area contributed by atoms with Gasteiger partial charge in [0, 0.05) is 31.9 Å². The number of rotatable bonds is 6. The van der Waals surface area contributed by atoms with Crippen molar-refractivity contribution in [3.63, 3.8) is 0 Å². The summed E-state index contributed by atoms with van der Waals surface area (Å²) in [6, 6.07) is 14.3. The third-order valence-electron chi connectivity index (χ3n) is 6.33. The molecule has 0 aromatic heterocycles. The Hall–Kier alpha value is -3.12. The number of carbonyl (C=O) groups excluding carboxylic acids is 2. The molecule has 2 heterocycles. The molecule has 0 aliphatic carbocycles. The van der Waals surface area contributed by atoms with Crippen LogP contribution in [0.25, 0.3) is 0 Å². The van der Waals surface area contributed by atoms with E-state index in [2.05, 4.69) is 42.8 Å². The normalized spacial score (nSPS) is 20.2. The first-order valence-electron chi connectivity index (χ1n) is 10.8. The zero-order valence-corrected chi connectivity index (χ0v) is 18.4. The van der Waals surface area contributed by atoms with Crippen molar-refractivity contribution in [2.24, 2.45) is 0 Å². The third-order valence-corrected chi connectivity index (χ3v) is 6.33. The highest BCUT2D eigenvalue weighted by atomic mass is 16.2. The first kappa shape index (κ1) is 21.1. The molecule has 2 aromatic carbocycles. The summed E-state index contributed by atoms with van der Waals surface area (Å²) in [4.78, 5) is 27.0. The minimum atomic E-state index is -0.244. The van der Waals surface area contributed by atoms with Gasteiger partial charge in [0.05, 0.1) is 6.04 Å². The van der Waals surface area contributed by atoms with E-state index in [9.17, 15) is 9.59 Å². The van der Waals surface area contributed by atoms with Crippen molar-refractivity contribution in [3.05, 3.63) is 82.7 Å². The first-order chi connectivity index (χ1) is 14.9. The molecule has 2 N–H and O–H groups in total. The molecule has 6 heteroatoms. The largest absolute Gasteiger partial charge is 0.352 e. The van der Waals surface area contributed by atoms with Crippen LogP contribution in [-0.4, -0.2) is 34.3 Å². The monoisotopic (exact) mass is 418 g/mol. The van der Waals surface area contributed by atoms with Crippen LogP contribution in [0.3, 0.4) is 0 Å². The Morgan fingerprint density at radius 1 is 1.06 bits per heavy atom. The van der Waals surface area contributed by atoms with E-state index >= 15 is 0 Å². The quantitative estimate of drug-likeness (QED) is 0.756. The van der Waals surface area contributed by atoms with E-state index in [-0.39, 0.29) is 30.3 Å². The summed E-state index contributed by atoms with van der Waals surface area (Å²) in [6.45, 7) is 7.13. The molecular formula is C25H30N4O2. The molecule has 0 saturated carbocycles. The molecule has 1 saturated heterocycles. The van der Waals surface area contributed by atoms with Crippen LogP contribution in [-0.2, 0) is 16.1 Å². The van der Waals surface area contributed by atoms with Gasteiger partial charge < -0.3 is 15.2 Å². The second kappa shape index (κ2) is 8.94. The minimum absolute atomic E-state index is 0.0352. The Morgan fingerprint density at radius 2 is 1.87 bits per heavy atom. The van der Waals surface area contributed by atoms with E-state index in [0.717, 1.165) is 11.1 Å². The van der Waals surface area contributed by atoms with E-state index in [4.69, 9.17) is 0 Å². The van der Waals surface area contributed by atoms with Gasteiger partial charge in [-0.15, -0.1) is 0 Å². The van der Waals surface area contributed by atoms with Crippen LogP contribution in [0, 0.1) is 20.8 Å². The molecule has 2 aromatic rings. The second-order valence-electron chi connectivity index (χ2n) is 8.47. The third kappa shape index (κ3) is 4.64. The van der Waals surface area contributed by atoms with Gasteiger partial charge >= 0.3 is 0 Å². The lowest BCUT2D eigenvalue weighted by Crippen LogP contribution is -2.48. The van der Waals surface area contributed by atoms with E-state index < -0.39 is 0 Å². The maximum atomic E-state index is 13.0. The summed E-state index contributed by atoms with van der Waals surface area (Å²) in [5.41, 5.74) is 9.41.